The quantitative estimate of drug-likeness (QED) is 0.253. The van der Waals surface area contributed by atoms with Crippen molar-refractivity contribution < 1.29 is 31.8 Å². The van der Waals surface area contributed by atoms with Gasteiger partial charge in [-0.1, -0.05) is 36.4 Å². The summed E-state index contributed by atoms with van der Waals surface area (Å²) in [5, 5.41) is 3.85. The van der Waals surface area contributed by atoms with E-state index in [1.807, 2.05) is 0 Å². The van der Waals surface area contributed by atoms with Crippen LogP contribution < -0.4 is 14.9 Å². The van der Waals surface area contributed by atoms with Crippen LogP contribution in [0.4, 0.5) is 17.6 Å². The summed E-state index contributed by atoms with van der Waals surface area (Å²) in [7, 11) is 0. The van der Waals surface area contributed by atoms with Crippen molar-refractivity contribution in [3.8, 4) is 11.5 Å². The number of carbonyl (C=O) groups excluding carboxylic acids is 1. The molecular weight excluding hydrogens is 452 g/mol. The van der Waals surface area contributed by atoms with Crippen molar-refractivity contribution in [3.05, 3.63) is 94.8 Å². The van der Waals surface area contributed by atoms with Crippen LogP contribution in [0, 0.1) is 5.82 Å². The number of nitrogens with zero attached hydrogens (tertiary/aromatic N) is 1. The lowest BCUT2D eigenvalue weighted by molar-refractivity contribution is -0.137. The molecule has 0 bridgehead atoms. The number of hydrazone groups is 1. The predicted octanol–water partition coefficient (Wildman–Crippen LogP) is 5.52. The van der Waals surface area contributed by atoms with E-state index in [0.717, 1.165) is 12.1 Å². The largest absolute Gasteiger partial charge is 0.490 e. The summed E-state index contributed by atoms with van der Waals surface area (Å²) in [5.74, 6) is -0.107. The highest BCUT2D eigenvalue weighted by Gasteiger charge is 2.30. The second-order valence-electron chi connectivity index (χ2n) is 7.19. The summed E-state index contributed by atoms with van der Waals surface area (Å²) >= 11 is 0. The summed E-state index contributed by atoms with van der Waals surface area (Å²) < 4.78 is 63.5. The molecule has 5 nitrogen and oxygen atoms in total. The van der Waals surface area contributed by atoms with E-state index in [1.54, 1.807) is 43.3 Å². The molecule has 1 N–H and O–H groups in total. The second-order valence-corrected chi connectivity index (χ2v) is 7.19. The highest BCUT2D eigenvalue weighted by molar-refractivity contribution is 5.84. The average molecular weight is 474 g/mol. The third-order valence-corrected chi connectivity index (χ3v) is 4.63. The molecule has 0 heterocycles. The first-order valence-corrected chi connectivity index (χ1v) is 10.4. The molecule has 0 aliphatic carbocycles. The number of carbonyl (C=O) groups is 1. The molecule has 0 saturated carbocycles. The van der Waals surface area contributed by atoms with Gasteiger partial charge >= 0.3 is 6.18 Å². The van der Waals surface area contributed by atoms with Gasteiger partial charge in [-0.05, 0) is 48.4 Å². The van der Waals surface area contributed by atoms with Crippen LogP contribution in [0.5, 0.6) is 11.5 Å². The molecule has 0 aliphatic heterocycles. The van der Waals surface area contributed by atoms with E-state index in [9.17, 15) is 22.4 Å². The number of rotatable bonds is 9. The molecule has 0 fully saturated rings. The molecule has 9 heteroatoms. The molecule has 0 saturated heterocycles. The molecule has 3 aromatic rings. The standard InChI is InChI=1S/C25H22F4N2O3/c1-2-33-23-13-18(10-11-22(23)34-16-19-7-3-4-9-21(19)26)15-30-31-24(32)14-17-6-5-8-20(12-17)25(27,28)29/h3-13,15H,2,14,16H2,1H3,(H,31,32)/b30-15+. The predicted molar refractivity (Wildman–Crippen MR) is 119 cm³/mol. The van der Waals surface area contributed by atoms with Crippen LogP contribution in [0.2, 0.25) is 0 Å². The van der Waals surface area contributed by atoms with Gasteiger partial charge in [-0.15, -0.1) is 0 Å². The third kappa shape index (κ3) is 7.06. The van der Waals surface area contributed by atoms with Gasteiger partial charge in [0.05, 0.1) is 24.8 Å². The number of ether oxygens (including phenoxy) is 2. The normalized spacial score (nSPS) is 11.4. The lowest BCUT2D eigenvalue weighted by Gasteiger charge is -2.13. The first-order chi connectivity index (χ1) is 16.3. The minimum Gasteiger partial charge on any atom is -0.490 e. The molecule has 0 radical (unpaired) electrons. The Morgan fingerprint density at radius 2 is 1.79 bits per heavy atom. The van der Waals surface area contributed by atoms with E-state index in [0.29, 0.717) is 29.2 Å². The lowest BCUT2D eigenvalue weighted by atomic mass is 10.1. The van der Waals surface area contributed by atoms with Crippen molar-refractivity contribution in [2.24, 2.45) is 5.10 Å². The fourth-order valence-corrected chi connectivity index (χ4v) is 3.02. The van der Waals surface area contributed by atoms with Crippen LogP contribution in [0.1, 0.15) is 29.2 Å². The average Bonchev–Trinajstić information content (AvgIpc) is 2.79. The minimum absolute atomic E-state index is 0.0196. The molecule has 34 heavy (non-hydrogen) atoms. The van der Waals surface area contributed by atoms with E-state index in [4.69, 9.17) is 9.47 Å². The zero-order chi connectivity index (χ0) is 24.6. The van der Waals surface area contributed by atoms with Gasteiger partial charge in [-0.2, -0.15) is 18.3 Å². The van der Waals surface area contributed by atoms with Crippen LogP contribution in [0.25, 0.3) is 0 Å². The maximum atomic E-state index is 13.8. The summed E-state index contributed by atoms with van der Waals surface area (Å²) in [4.78, 5) is 12.1. The zero-order valence-corrected chi connectivity index (χ0v) is 18.2. The van der Waals surface area contributed by atoms with Gasteiger partial charge < -0.3 is 9.47 Å². The van der Waals surface area contributed by atoms with Crippen molar-refractivity contribution in [3.63, 3.8) is 0 Å². The first kappa shape index (κ1) is 24.8. The van der Waals surface area contributed by atoms with Crippen LogP contribution >= 0.6 is 0 Å². The van der Waals surface area contributed by atoms with E-state index in [-0.39, 0.29) is 24.4 Å². The lowest BCUT2D eigenvalue weighted by Crippen LogP contribution is -2.20. The van der Waals surface area contributed by atoms with Gasteiger partial charge in [0.2, 0.25) is 5.91 Å². The molecule has 0 unspecified atom stereocenters. The highest BCUT2D eigenvalue weighted by atomic mass is 19.4. The zero-order valence-electron chi connectivity index (χ0n) is 18.2. The number of amides is 1. The van der Waals surface area contributed by atoms with Gasteiger partial charge in [0.25, 0.3) is 0 Å². The van der Waals surface area contributed by atoms with Crippen molar-refractivity contribution in [1.82, 2.24) is 5.43 Å². The molecule has 0 aliphatic rings. The number of hydrogen-bond donors (Lipinski definition) is 1. The van der Waals surface area contributed by atoms with Gasteiger partial charge in [0.15, 0.2) is 11.5 Å². The Kier molecular flexibility index (Phi) is 8.24. The van der Waals surface area contributed by atoms with Crippen molar-refractivity contribution in [2.75, 3.05) is 6.61 Å². The second kappa shape index (κ2) is 11.3. The Balaban J connectivity index is 1.61. The Labute approximate surface area is 194 Å². The highest BCUT2D eigenvalue weighted by Crippen LogP contribution is 2.30. The minimum atomic E-state index is -4.48. The van der Waals surface area contributed by atoms with Crippen LogP contribution in [0.3, 0.4) is 0 Å². The number of nitrogens with one attached hydrogen (secondary N) is 1. The molecule has 178 valence electrons. The summed E-state index contributed by atoms with van der Waals surface area (Å²) in [6.07, 6.45) is -3.37. The molecule has 0 spiro atoms. The van der Waals surface area contributed by atoms with Crippen LogP contribution in [0.15, 0.2) is 71.8 Å². The number of alkyl halides is 3. The van der Waals surface area contributed by atoms with Gasteiger partial charge in [0.1, 0.15) is 12.4 Å². The number of halogens is 4. The van der Waals surface area contributed by atoms with E-state index >= 15 is 0 Å². The van der Waals surface area contributed by atoms with E-state index in [1.165, 1.54) is 24.4 Å². The van der Waals surface area contributed by atoms with E-state index < -0.39 is 17.6 Å². The van der Waals surface area contributed by atoms with Gasteiger partial charge in [0, 0.05) is 5.56 Å². The van der Waals surface area contributed by atoms with Gasteiger partial charge in [-0.25, -0.2) is 9.82 Å². The monoisotopic (exact) mass is 474 g/mol. The smallest absolute Gasteiger partial charge is 0.416 e. The Hall–Kier alpha value is -3.88. The summed E-state index contributed by atoms with van der Waals surface area (Å²) in [6.45, 7) is 2.19. The summed E-state index contributed by atoms with van der Waals surface area (Å²) in [6, 6.07) is 15.8. The maximum Gasteiger partial charge on any atom is 0.416 e. The maximum absolute atomic E-state index is 13.8. The molecule has 0 aromatic heterocycles. The Morgan fingerprint density at radius 1 is 1.00 bits per heavy atom. The Morgan fingerprint density at radius 3 is 2.53 bits per heavy atom. The Bertz CT molecular complexity index is 1160. The van der Waals surface area contributed by atoms with Crippen molar-refractivity contribution in [1.29, 1.82) is 0 Å². The van der Waals surface area contributed by atoms with Crippen molar-refractivity contribution in [2.45, 2.75) is 26.1 Å². The number of hydrogen-bond acceptors (Lipinski definition) is 4. The topological polar surface area (TPSA) is 59.9 Å². The van der Waals surface area contributed by atoms with E-state index in [2.05, 4.69) is 10.5 Å². The molecule has 1 amide bonds. The molecule has 0 atom stereocenters. The van der Waals surface area contributed by atoms with Crippen LogP contribution in [-0.2, 0) is 24.0 Å². The number of benzene rings is 3. The van der Waals surface area contributed by atoms with Crippen LogP contribution in [-0.4, -0.2) is 18.7 Å². The van der Waals surface area contributed by atoms with Gasteiger partial charge in [-0.3, -0.25) is 4.79 Å². The molecule has 3 rings (SSSR count). The SMILES string of the molecule is CCOc1cc(/C=N/NC(=O)Cc2cccc(C(F)(F)F)c2)ccc1OCc1ccccc1F. The fourth-order valence-electron chi connectivity index (χ4n) is 3.02. The summed E-state index contributed by atoms with van der Waals surface area (Å²) in [5.41, 5.74) is 2.68. The molecular formula is C25H22F4N2O3. The molecule has 3 aromatic carbocycles. The first-order valence-electron chi connectivity index (χ1n) is 10.4. The third-order valence-electron chi connectivity index (χ3n) is 4.63. The fraction of sp³-hybridized carbons (Fsp3) is 0.200. The van der Waals surface area contributed by atoms with Crippen molar-refractivity contribution >= 4 is 12.1 Å².